The quantitative estimate of drug-likeness (QED) is 0.104. The summed E-state index contributed by atoms with van der Waals surface area (Å²) in [7, 11) is 0. The number of halogens is 10. The van der Waals surface area contributed by atoms with Gasteiger partial charge in [-0.1, -0.05) is 36.4 Å². The lowest BCUT2D eigenvalue weighted by Crippen LogP contribution is -2.22. The number of rotatable bonds is 2. The topological polar surface area (TPSA) is 57.4 Å². The fourth-order valence-electron chi connectivity index (χ4n) is 9.27. The molecule has 2 aliphatic heterocycles. The van der Waals surface area contributed by atoms with Gasteiger partial charge in [0.15, 0.2) is 46.5 Å². The Balaban J connectivity index is 1.28. The first kappa shape index (κ1) is 36.1. The lowest BCUT2D eigenvalue weighted by Gasteiger charge is -2.40. The van der Waals surface area contributed by atoms with Crippen molar-refractivity contribution in [2.45, 2.75) is 24.7 Å². The second kappa shape index (κ2) is 12.8. The van der Waals surface area contributed by atoms with Crippen LogP contribution in [-0.4, -0.2) is 19.9 Å². The molecule has 7 aromatic rings. The van der Waals surface area contributed by atoms with Gasteiger partial charge >= 0.3 is 0 Å². The molecule has 4 nitrogen and oxygen atoms in total. The molecule has 0 saturated heterocycles. The highest BCUT2D eigenvalue weighted by Gasteiger charge is 2.43. The van der Waals surface area contributed by atoms with Crippen LogP contribution in [0.3, 0.4) is 0 Å². The van der Waals surface area contributed by atoms with Gasteiger partial charge < -0.3 is 9.97 Å². The van der Waals surface area contributed by atoms with Gasteiger partial charge in [-0.25, -0.2) is 53.9 Å². The van der Waals surface area contributed by atoms with Crippen LogP contribution in [0.25, 0.3) is 78.4 Å². The zero-order chi connectivity index (χ0) is 41.5. The normalized spacial score (nSPS) is 16.6. The molecular weight excluding hydrogens is 799 g/mol. The van der Waals surface area contributed by atoms with Gasteiger partial charge in [0.2, 0.25) is 11.6 Å². The molecule has 0 amide bonds. The van der Waals surface area contributed by atoms with E-state index in [0.29, 0.717) is 22.4 Å². The van der Waals surface area contributed by atoms with Gasteiger partial charge in [0.25, 0.3) is 0 Å². The first-order valence-electron chi connectivity index (χ1n) is 18.6. The minimum atomic E-state index is -2.41. The number of aromatic nitrogens is 4. The zero-order valence-electron chi connectivity index (χ0n) is 30.3. The maximum absolute atomic E-state index is 15.7. The number of fused-ring (bicyclic) bond motifs is 10. The summed E-state index contributed by atoms with van der Waals surface area (Å²) in [6, 6.07) is 21.5. The van der Waals surface area contributed by atoms with E-state index in [1.807, 2.05) is 24.3 Å². The molecule has 10 bridgehead atoms. The molecule has 3 aliphatic carbocycles. The Hall–Kier alpha value is -6.96. The van der Waals surface area contributed by atoms with Crippen LogP contribution in [0.5, 0.6) is 0 Å². The van der Waals surface area contributed by atoms with Gasteiger partial charge in [-0.05, 0) is 94.4 Å². The minimum Gasteiger partial charge on any atom is -0.355 e. The molecule has 5 aliphatic rings. The number of allylic oxidation sites excluding steroid dienone is 2. The number of benzene rings is 4. The molecule has 0 radical (unpaired) electrons. The van der Waals surface area contributed by atoms with Gasteiger partial charge in [0, 0.05) is 45.0 Å². The molecular formula is C46H22F10N4. The third-order valence-electron chi connectivity index (χ3n) is 11.8. The second-order valence-electron chi connectivity index (χ2n) is 15.0. The van der Waals surface area contributed by atoms with Crippen molar-refractivity contribution < 1.29 is 43.9 Å². The van der Waals surface area contributed by atoms with Crippen LogP contribution in [0.15, 0.2) is 72.8 Å². The molecule has 2 N–H and O–H groups in total. The summed E-state index contributed by atoms with van der Waals surface area (Å²) in [5.41, 5.74) is 0.447. The Kier molecular flexibility index (Phi) is 7.69. The largest absolute Gasteiger partial charge is 0.355 e. The monoisotopic (exact) mass is 820 g/mol. The highest BCUT2D eigenvalue weighted by atomic mass is 19.2. The Bertz CT molecular complexity index is 3090. The molecule has 296 valence electrons. The summed E-state index contributed by atoms with van der Waals surface area (Å²) in [6.45, 7) is 0. The van der Waals surface area contributed by atoms with Gasteiger partial charge in [-0.3, -0.25) is 0 Å². The number of H-pyrrole nitrogens is 2. The number of nitrogens with one attached hydrogen (secondary N) is 2. The van der Waals surface area contributed by atoms with E-state index in [2.05, 4.69) is 27.1 Å². The van der Waals surface area contributed by atoms with Crippen molar-refractivity contribution in [3.63, 3.8) is 0 Å². The molecule has 5 heterocycles. The van der Waals surface area contributed by atoms with Crippen LogP contribution in [0.1, 0.15) is 58.6 Å². The van der Waals surface area contributed by atoms with Gasteiger partial charge in [-0.15, -0.1) is 0 Å². The lowest BCUT2D eigenvalue weighted by atomic mass is 9.63. The van der Waals surface area contributed by atoms with Crippen LogP contribution in [-0.2, 0) is 0 Å². The van der Waals surface area contributed by atoms with Crippen molar-refractivity contribution in [1.82, 2.24) is 19.9 Å². The number of hydrogen-bond donors (Lipinski definition) is 2. The molecule has 4 aromatic carbocycles. The first-order chi connectivity index (χ1) is 28.9. The third-order valence-corrected chi connectivity index (χ3v) is 11.8. The van der Waals surface area contributed by atoms with Crippen molar-refractivity contribution in [3.05, 3.63) is 165 Å². The van der Waals surface area contributed by atoms with Crippen LogP contribution >= 0.6 is 0 Å². The molecule has 2 unspecified atom stereocenters. The molecule has 0 spiro atoms. The van der Waals surface area contributed by atoms with Crippen molar-refractivity contribution in [2.24, 2.45) is 0 Å². The average molecular weight is 821 g/mol. The molecule has 2 atom stereocenters. The van der Waals surface area contributed by atoms with Gasteiger partial charge in [0.1, 0.15) is 0 Å². The predicted molar refractivity (Wildman–Crippen MR) is 206 cm³/mol. The summed E-state index contributed by atoms with van der Waals surface area (Å²) in [5.74, 6) is -22.8. The molecule has 60 heavy (non-hydrogen) atoms. The standard InChI is InChI=1S/C46H22F10N4/c47-37-35(38(48)42(52)45(55)41(37)51)33-25-9-5-19(57-25)15-29-31-21-7-8-22(24-14-18-4-2-1-3-17(18)13-23(21)24)32(31)30(60-29)16-20-6-10-26(58-20)34(28-12-11-27(33)59-28)36-39(49)43(53)46(56)44(54)40(36)50/h1-6,9-16,21-22,57-58H,7-8H2. The zero-order valence-corrected chi connectivity index (χ0v) is 30.3. The van der Waals surface area contributed by atoms with Crippen LogP contribution in [0, 0.1) is 58.2 Å². The Morgan fingerprint density at radius 1 is 0.417 bits per heavy atom. The molecule has 3 aromatic heterocycles. The van der Waals surface area contributed by atoms with Crippen LogP contribution in [0.4, 0.5) is 43.9 Å². The van der Waals surface area contributed by atoms with Gasteiger partial charge in [0.05, 0.1) is 33.9 Å². The number of aromatic amines is 2. The maximum Gasteiger partial charge on any atom is 0.200 e. The average Bonchev–Trinajstić information content (AvgIpc) is 4.09. The van der Waals surface area contributed by atoms with Crippen molar-refractivity contribution in [2.75, 3.05) is 0 Å². The van der Waals surface area contributed by atoms with E-state index >= 15 is 17.6 Å². The smallest absolute Gasteiger partial charge is 0.200 e. The molecule has 0 saturated carbocycles. The molecule has 0 fully saturated rings. The van der Waals surface area contributed by atoms with E-state index in [9.17, 15) is 26.3 Å². The van der Waals surface area contributed by atoms with E-state index in [0.717, 1.165) is 58.0 Å². The maximum atomic E-state index is 15.7. The third kappa shape index (κ3) is 4.99. The van der Waals surface area contributed by atoms with E-state index in [1.54, 1.807) is 12.1 Å². The number of nitrogens with zero attached hydrogens (tertiary/aromatic N) is 2. The van der Waals surface area contributed by atoms with E-state index in [4.69, 9.17) is 4.98 Å². The Morgan fingerprint density at radius 2 is 0.800 bits per heavy atom. The summed E-state index contributed by atoms with van der Waals surface area (Å²) in [5, 5.41) is 2.11. The second-order valence-corrected chi connectivity index (χ2v) is 15.0. The summed E-state index contributed by atoms with van der Waals surface area (Å²) in [4.78, 5) is 15.4. The van der Waals surface area contributed by atoms with E-state index < -0.39 is 91.8 Å². The summed E-state index contributed by atoms with van der Waals surface area (Å²) < 4.78 is 151. The van der Waals surface area contributed by atoms with E-state index in [1.165, 1.54) is 24.3 Å². The fraction of sp³-hybridized carbons (Fsp3) is 0.0870. The minimum absolute atomic E-state index is 0.0995. The van der Waals surface area contributed by atoms with Crippen molar-refractivity contribution in [3.8, 4) is 22.3 Å². The predicted octanol–water partition coefficient (Wildman–Crippen LogP) is 12.9. The first-order valence-corrected chi connectivity index (χ1v) is 18.6. The van der Waals surface area contributed by atoms with Crippen LogP contribution < -0.4 is 0 Å². The number of hydrogen-bond acceptors (Lipinski definition) is 2. The van der Waals surface area contributed by atoms with E-state index in [-0.39, 0.29) is 22.9 Å². The van der Waals surface area contributed by atoms with Gasteiger partial charge in [-0.2, -0.15) is 0 Å². The van der Waals surface area contributed by atoms with Crippen LogP contribution in [0.2, 0.25) is 0 Å². The Morgan fingerprint density at radius 3 is 1.20 bits per heavy atom. The Labute approximate surface area is 331 Å². The molecule has 12 rings (SSSR count). The molecule has 14 heteroatoms. The lowest BCUT2D eigenvalue weighted by molar-refractivity contribution is 0.381. The van der Waals surface area contributed by atoms with Crippen molar-refractivity contribution in [1.29, 1.82) is 0 Å². The highest BCUT2D eigenvalue weighted by Crippen LogP contribution is 2.60. The summed E-state index contributed by atoms with van der Waals surface area (Å²) >= 11 is 0. The summed E-state index contributed by atoms with van der Waals surface area (Å²) in [6.07, 6.45) is 3.71. The SMILES string of the molecule is Fc1c(F)c(F)c(-c2c3nc(c(-c4c(F)c(F)c(F)c(F)c4F)c4ccc(cc5nc(cc6ccc2[nH]6)C2=C5C5CCC2c2cc6ccccc6cc25)[nH]4)C=C3)c(F)c1F. The fourth-order valence-corrected chi connectivity index (χ4v) is 9.27. The highest BCUT2D eigenvalue weighted by molar-refractivity contribution is 6.03. The van der Waals surface area contributed by atoms with Crippen molar-refractivity contribution >= 4 is 56.1 Å².